The van der Waals surface area contributed by atoms with E-state index in [1.807, 2.05) is 19.4 Å². The smallest absolute Gasteiger partial charge is 0.0837 e. The van der Waals surface area contributed by atoms with Crippen LogP contribution in [-0.2, 0) is 13.6 Å². The van der Waals surface area contributed by atoms with Crippen LogP contribution in [0.3, 0.4) is 0 Å². The zero-order valence-electron chi connectivity index (χ0n) is 9.36. The summed E-state index contributed by atoms with van der Waals surface area (Å²) in [4.78, 5) is 0. The van der Waals surface area contributed by atoms with Gasteiger partial charge in [-0.25, -0.2) is 0 Å². The summed E-state index contributed by atoms with van der Waals surface area (Å²) in [5.41, 5.74) is 10.4. The minimum absolute atomic E-state index is 0.583. The molecule has 2 rings (SSSR count). The van der Waals surface area contributed by atoms with Crippen LogP contribution in [0.1, 0.15) is 17.0 Å². The van der Waals surface area contributed by atoms with Gasteiger partial charge in [0.25, 0.3) is 0 Å². The molecule has 0 amide bonds. The zero-order chi connectivity index (χ0) is 11.0. The highest BCUT2D eigenvalue weighted by Gasteiger charge is 2.10. The van der Waals surface area contributed by atoms with Crippen molar-refractivity contribution in [1.82, 2.24) is 14.3 Å². The molecule has 0 atom stereocenters. The van der Waals surface area contributed by atoms with Crippen LogP contribution in [-0.4, -0.2) is 14.3 Å². The summed E-state index contributed by atoms with van der Waals surface area (Å²) in [5.74, 6) is 0. The van der Waals surface area contributed by atoms with Gasteiger partial charge in [-0.1, -0.05) is 0 Å². The molecule has 2 N–H and O–H groups in total. The second-order valence-electron chi connectivity index (χ2n) is 3.81. The number of aryl methyl sites for hydroxylation is 2. The molecule has 0 aromatic carbocycles. The lowest BCUT2D eigenvalue weighted by molar-refractivity contribution is 0.767. The van der Waals surface area contributed by atoms with Crippen LogP contribution in [0.4, 0.5) is 0 Å². The third-order valence-corrected chi connectivity index (χ3v) is 2.71. The van der Waals surface area contributed by atoms with Gasteiger partial charge in [-0.15, -0.1) is 0 Å². The maximum absolute atomic E-state index is 5.68. The lowest BCUT2D eigenvalue weighted by Gasteiger charge is -2.05. The number of nitrogens with zero attached hydrogens (tertiary/aromatic N) is 3. The first-order chi connectivity index (χ1) is 7.13. The van der Waals surface area contributed by atoms with E-state index in [2.05, 4.69) is 29.6 Å². The maximum Gasteiger partial charge on any atom is 0.0837 e. The van der Waals surface area contributed by atoms with Crippen LogP contribution < -0.4 is 5.73 Å². The average molecular weight is 204 g/mol. The van der Waals surface area contributed by atoms with Crippen molar-refractivity contribution >= 4 is 0 Å². The molecule has 0 aliphatic carbocycles. The van der Waals surface area contributed by atoms with E-state index in [4.69, 9.17) is 5.73 Å². The minimum Gasteiger partial charge on any atom is -0.326 e. The first kappa shape index (κ1) is 9.98. The molecular formula is C11H16N4. The molecule has 0 bridgehead atoms. The fourth-order valence-corrected chi connectivity index (χ4v) is 1.96. The number of aromatic nitrogens is 3. The van der Waals surface area contributed by atoms with Gasteiger partial charge in [0, 0.05) is 31.2 Å². The van der Waals surface area contributed by atoms with E-state index in [0.29, 0.717) is 6.54 Å². The molecule has 0 aliphatic heterocycles. The van der Waals surface area contributed by atoms with Gasteiger partial charge < -0.3 is 10.3 Å². The molecule has 15 heavy (non-hydrogen) atoms. The predicted molar refractivity (Wildman–Crippen MR) is 59.9 cm³/mol. The molecule has 4 heteroatoms. The zero-order valence-corrected chi connectivity index (χ0v) is 9.36. The van der Waals surface area contributed by atoms with Gasteiger partial charge >= 0.3 is 0 Å². The van der Waals surface area contributed by atoms with Crippen LogP contribution in [0.5, 0.6) is 0 Å². The van der Waals surface area contributed by atoms with Crippen molar-refractivity contribution in [3.8, 4) is 5.69 Å². The monoisotopic (exact) mass is 204 g/mol. The summed E-state index contributed by atoms with van der Waals surface area (Å²) < 4.78 is 3.98. The highest BCUT2D eigenvalue weighted by Crippen LogP contribution is 2.19. The Bertz CT molecular complexity index is 479. The molecule has 0 saturated carbocycles. The molecule has 0 unspecified atom stereocenters. The molecule has 80 valence electrons. The molecular weight excluding hydrogens is 188 g/mol. The van der Waals surface area contributed by atoms with Crippen LogP contribution >= 0.6 is 0 Å². The average Bonchev–Trinajstić information content (AvgIpc) is 2.71. The summed E-state index contributed by atoms with van der Waals surface area (Å²) in [6, 6.07) is 2.13. The Balaban J connectivity index is 2.57. The van der Waals surface area contributed by atoms with E-state index in [1.165, 1.54) is 17.0 Å². The molecule has 0 fully saturated rings. The van der Waals surface area contributed by atoms with Crippen molar-refractivity contribution in [1.29, 1.82) is 0 Å². The lowest BCUT2D eigenvalue weighted by atomic mass is 10.2. The lowest BCUT2D eigenvalue weighted by Crippen LogP contribution is -2.01. The third-order valence-electron chi connectivity index (χ3n) is 2.71. The van der Waals surface area contributed by atoms with Crippen molar-refractivity contribution in [2.45, 2.75) is 20.4 Å². The van der Waals surface area contributed by atoms with Crippen LogP contribution in [0.2, 0.25) is 0 Å². The van der Waals surface area contributed by atoms with Crippen LogP contribution in [0.15, 0.2) is 18.5 Å². The van der Waals surface area contributed by atoms with Gasteiger partial charge in [-0.05, 0) is 25.5 Å². The molecule has 2 aromatic heterocycles. The Morgan fingerprint density at radius 2 is 2.13 bits per heavy atom. The minimum atomic E-state index is 0.583. The Morgan fingerprint density at radius 1 is 1.40 bits per heavy atom. The van der Waals surface area contributed by atoms with Crippen molar-refractivity contribution < 1.29 is 0 Å². The molecule has 4 nitrogen and oxygen atoms in total. The van der Waals surface area contributed by atoms with Crippen molar-refractivity contribution in [2.75, 3.05) is 0 Å². The van der Waals surface area contributed by atoms with E-state index in [1.54, 1.807) is 4.68 Å². The van der Waals surface area contributed by atoms with Gasteiger partial charge in [0.15, 0.2) is 0 Å². The van der Waals surface area contributed by atoms with Gasteiger partial charge in [-0.2, -0.15) is 5.10 Å². The summed E-state index contributed by atoms with van der Waals surface area (Å²) in [6.45, 7) is 4.75. The largest absolute Gasteiger partial charge is 0.326 e. The number of hydrogen-bond donors (Lipinski definition) is 1. The second kappa shape index (κ2) is 3.55. The maximum atomic E-state index is 5.68. The Kier molecular flexibility index (Phi) is 2.36. The predicted octanol–water partition coefficient (Wildman–Crippen LogP) is 1.29. The summed E-state index contributed by atoms with van der Waals surface area (Å²) >= 11 is 0. The number of rotatable bonds is 2. The summed E-state index contributed by atoms with van der Waals surface area (Å²) in [7, 11) is 1.92. The molecule has 2 heterocycles. The quantitative estimate of drug-likeness (QED) is 0.801. The fraction of sp³-hybridized carbons (Fsp3) is 0.364. The number of hydrogen-bond acceptors (Lipinski definition) is 2. The van der Waals surface area contributed by atoms with Crippen LogP contribution in [0, 0.1) is 13.8 Å². The van der Waals surface area contributed by atoms with E-state index < -0.39 is 0 Å². The third kappa shape index (κ3) is 1.57. The Hall–Kier alpha value is -1.55. The van der Waals surface area contributed by atoms with Crippen molar-refractivity contribution in [3.63, 3.8) is 0 Å². The molecule has 2 aromatic rings. The first-order valence-electron chi connectivity index (χ1n) is 5.00. The molecule has 0 spiro atoms. The summed E-state index contributed by atoms with van der Waals surface area (Å²) in [6.07, 6.45) is 3.86. The molecule has 0 saturated heterocycles. The van der Waals surface area contributed by atoms with Gasteiger partial charge in [0.2, 0.25) is 0 Å². The van der Waals surface area contributed by atoms with E-state index in [9.17, 15) is 0 Å². The van der Waals surface area contributed by atoms with E-state index in [-0.39, 0.29) is 0 Å². The molecule has 0 aliphatic rings. The highest BCUT2D eigenvalue weighted by atomic mass is 15.3. The fourth-order valence-electron chi connectivity index (χ4n) is 1.96. The van der Waals surface area contributed by atoms with Crippen molar-refractivity contribution in [2.24, 2.45) is 12.8 Å². The molecule has 0 radical (unpaired) electrons. The standard InChI is InChI=1S/C11H16N4/c1-8-4-10(5-12)9(2)15(8)11-6-13-14(3)7-11/h4,6-7H,5,12H2,1-3H3. The first-order valence-corrected chi connectivity index (χ1v) is 5.00. The normalized spacial score (nSPS) is 10.9. The topological polar surface area (TPSA) is 48.8 Å². The Morgan fingerprint density at radius 3 is 2.60 bits per heavy atom. The van der Waals surface area contributed by atoms with Gasteiger partial charge in [0.1, 0.15) is 0 Å². The SMILES string of the molecule is Cc1cc(CN)c(C)n1-c1cnn(C)c1. The van der Waals surface area contributed by atoms with Crippen LogP contribution in [0.25, 0.3) is 5.69 Å². The van der Waals surface area contributed by atoms with E-state index in [0.717, 1.165) is 5.69 Å². The number of nitrogens with two attached hydrogens (primary N) is 1. The van der Waals surface area contributed by atoms with E-state index >= 15 is 0 Å². The van der Waals surface area contributed by atoms with Crippen molar-refractivity contribution in [3.05, 3.63) is 35.4 Å². The highest BCUT2D eigenvalue weighted by molar-refractivity contribution is 5.38. The Labute approximate surface area is 89.3 Å². The second-order valence-corrected chi connectivity index (χ2v) is 3.81. The summed E-state index contributed by atoms with van der Waals surface area (Å²) in [5, 5.41) is 4.17. The van der Waals surface area contributed by atoms with Gasteiger partial charge in [-0.3, -0.25) is 4.68 Å². The van der Waals surface area contributed by atoms with Gasteiger partial charge in [0.05, 0.1) is 11.9 Å².